The van der Waals surface area contributed by atoms with Gasteiger partial charge in [-0.3, -0.25) is 0 Å². The van der Waals surface area contributed by atoms with E-state index in [2.05, 4.69) is 37.1 Å². The molecule has 0 saturated heterocycles. The summed E-state index contributed by atoms with van der Waals surface area (Å²) in [7, 11) is 2.14. The number of hydrogen-bond donors (Lipinski definition) is 1. The molecular formula is C19H23NO2. The van der Waals surface area contributed by atoms with E-state index in [4.69, 9.17) is 5.11 Å². The molecule has 3 heteroatoms. The molecule has 3 nitrogen and oxygen atoms in total. The zero-order chi connectivity index (χ0) is 16.1. The number of fused-ring (bicyclic) bond motifs is 1. The van der Waals surface area contributed by atoms with E-state index >= 15 is 0 Å². The van der Waals surface area contributed by atoms with Crippen molar-refractivity contribution in [3.8, 4) is 0 Å². The Balaban J connectivity index is 2.16. The number of anilines is 1. The first kappa shape index (κ1) is 16.1. The van der Waals surface area contributed by atoms with Gasteiger partial charge in [0.2, 0.25) is 0 Å². The first-order valence-electron chi connectivity index (χ1n) is 7.58. The Kier molecular flexibility index (Phi) is 5.21. The largest absolute Gasteiger partial charge is 0.478 e. The maximum absolute atomic E-state index is 10.6. The fourth-order valence-corrected chi connectivity index (χ4v) is 2.71. The van der Waals surface area contributed by atoms with Crippen molar-refractivity contribution in [2.24, 2.45) is 0 Å². The molecule has 0 aliphatic carbocycles. The molecule has 0 atom stereocenters. The van der Waals surface area contributed by atoms with Crippen molar-refractivity contribution < 1.29 is 9.90 Å². The van der Waals surface area contributed by atoms with E-state index in [1.54, 1.807) is 6.92 Å². The van der Waals surface area contributed by atoms with Crippen LogP contribution in [-0.2, 0) is 11.2 Å². The predicted molar refractivity (Wildman–Crippen MR) is 92.2 cm³/mol. The zero-order valence-electron chi connectivity index (χ0n) is 13.5. The highest BCUT2D eigenvalue weighted by molar-refractivity contribution is 5.81. The van der Waals surface area contributed by atoms with E-state index < -0.39 is 5.97 Å². The number of benzene rings is 1. The highest BCUT2D eigenvalue weighted by Crippen LogP contribution is 2.29. The van der Waals surface area contributed by atoms with Crippen molar-refractivity contribution in [2.45, 2.75) is 26.7 Å². The Morgan fingerprint density at radius 2 is 2.09 bits per heavy atom. The minimum Gasteiger partial charge on any atom is -0.478 e. The van der Waals surface area contributed by atoms with Crippen molar-refractivity contribution in [3.63, 3.8) is 0 Å². The van der Waals surface area contributed by atoms with Crippen molar-refractivity contribution in [1.82, 2.24) is 0 Å². The predicted octanol–water partition coefficient (Wildman–Crippen LogP) is 4.06. The number of rotatable bonds is 4. The van der Waals surface area contributed by atoms with E-state index in [1.807, 2.05) is 18.2 Å². The standard InChI is InChI=1S/C19H23NO2/c1-14(12-19(21)22)6-4-7-15(2)16-9-10-18-17(13-16)8-5-11-20(18)3/h4,6-7,9-10,12-13H,5,8,11H2,1-3H3,(H,21,22)/b6-4+,14-12+,15-7+. The third-order valence-corrected chi connectivity index (χ3v) is 3.94. The normalized spacial score (nSPS) is 16.0. The summed E-state index contributed by atoms with van der Waals surface area (Å²) in [5.74, 6) is -0.915. The molecule has 0 unspecified atom stereocenters. The molecule has 1 aliphatic heterocycles. The summed E-state index contributed by atoms with van der Waals surface area (Å²) in [5, 5.41) is 8.67. The van der Waals surface area contributed by atoms with Crippen LogP contribution in [-0.4, -0.2) is 24.7 Å². The molecule has 1 aliphatic rings. The highest BCUT2D eigenvalue weighted by Gasteiger charge is 2.13. The Bertz CT molecular complexity index is 653. The lowest BCUT2D eigenvalue weighted by atomic mass is 9.97. The Labute approximate surface area is 132 Å². The van der Waals surface area contributed by atoms with Gasteiger partial charge in [0.05, 0.1) is 0 Å². The molecule has 0 spiro atoms. The maximum Gasteiger partial charge on any atom is 0.328 e. The Hall–Kier alpha value is -2.29. The molecule has 1 heterocycles. The lowest BCUT2D eigenvalue weighted by molar-refractivity contribution is -0.131. The second-order valence-corrected chi connectivity index (χ2v) is 5.80. The van der Waals surface area contributed by atoms with Gasteiger partial charge in [0.25, 0.3) is 0 Å². The maximum atomic E-state index is 10.6. The third kappa shape index (κ3) is 4.10. The average molecular weight is 297 g/mol. The molecule has 116 valence electrons. The van der Waals surface area contributed by atoms with Crippen LogP contribution in [0.2, 0.25) is 0 Å². The van der Waals surface area contributed by atoms with Crippen LogP contribution in [0.4, 0.5) is 5.69 Å². The number of aryl methyl sites for hydroxylation is 1. The Morgan fingerprint density at radius 1 is 1.32 bits per heavy atom. The third-order valence-electron chi connectivity index (χ3n) is 3.94. The minimum atomic E-state index is -0.915. The van der Waals surface area contributed by atoms with Gasteiger partial charge in [0.1, 0.15) is 0 Å². The number of carboxylic acid groups (broad SMARTS) is 1. The van der Waals surface area contributed by atoms with Crippen LogP contribution in [0.15, 0.2) is 48.1 Å². The minimum absolute atomic E-state index is 0.726. The first-order valence-corrected chi connectivity index (χ1v) is 7.58. The summed E-state index contributed by atoms with van der Waals surface area (Å²) in [5.41, 5.74) is 5.86. The van der Waals surface area contributed by atoms with E-state index in [-0.39, 0.29) is 0 Å². The van der Waals surface area contributed by atoms with Gasteiger partial charge in [-0.2, -0.15) is 0 Å². The number of hydrogen-bond acceptors (Lipinski definition) is 2. The summed E-state index contributed by atoms with van der Waals surface area (Å²) in [4.78, 5) is 12.9. The van der Waals surface area contributed by atoms with Crippen LogP contribution in [0, 0.1) is 0 Å². The molecule has 22 heavy (non-hydrogen) atoms. The molecule has 1 aromatic carbocycles. The molecular weight excluding hydrogens is 274 g/mol. The first-order chi connectivity index (χ1) is 10.5. The number of carbonyl (C=O) groups is 1. The lowest BCUT2D eigenvalue weighted by Crippen LogP contribution is -2.24. The van der Waals surface area contributed by atoms with Gasteiger partial charge in [0.15, 0.2) is 0 Å². The molecule has 0 amide bonds. The van der Waals surface area contributed by atoms with Crippen LogP contribution in [0.1, 0.15) is 31.4 Å². The number of allylic oxidation sites excluding steroid dienone is 5. The van der Waals surface area contributed by atoms with Gasteiger partial charge in [-0.05, 0) is 61.1 Å². The van der Waals surface area contributed by atoms with Gasteiger partial charge < -0.3 is 10.0 Å². The summed E-state index contributed by atoms with van der Waals surface area (Å²) in [6.45, 7) is 4.98. The van der Waals surface area contributed by atoms with Crippen LogP contribution < -0.4 is 4.90 Å². The molecule has 0 fully saturated rings. The SMILES string of the molecule is CC(/C=C/C=C(\C)c1ccc2c(c1)CCCN2C)=C\C(=O)O. The van der Waals surface area contributed by atoms with Gasteiger partial charge in [-0.25, -0.2) is 4.79 Å². The summed E-state index contributed by atoms with van der Waals surface area (Å²) in [6.07, 6.45) is 9.27. The van der Waals surface area contributed by atoms with E-state index in [0.29, 0.717) is 0 Å². The smallest absolute Gasteiger partial charge is 0.328 e. The Morgan fingerprint density at radius 3 is 2.82 bits per heavy atom. The fourth-order valence-electron chi connectivity index (χ4n) is 2.71. The molecule has 0 radical (unpaired) electrons. The van der Waals surface area contributed by atoms with Crippen molar-refractivity contribution in [3.05, 3.63) is 59.2 Å². The van der Waals surface area contributed by atoms with Crippen LogP contribution >= 0.6 is 0 Å². The topological polar surface area (TPSA) is 40.5 Å². The van der Waals surface area contributed by atoms with Crippen molar-refractivity contribution in [2.75, 3.05) is 18.5 Å². The van der Waals surface area contributed by atoms with Gasteiger partial charge in [-0.15, -0.1) is 0 Å². The van der Waals surface area contributed by atoms with Gasteiger partial charge >= 0.3 is 5.97 Å². The average Bonchev–Trinajstić information content (AvgIpc) is 2.46. The van der Waals surface area contributed by atoms with E-state index in [0.717, 1.165) is 18.5 Å². The van der Waals surface area contributed by atoms with Crippen LogP contribution in [0.3, 0.4) is 0 Å². The number of nitrogens with zero attached hydrogens (tertiary/aromatic N) is 1. The van der Waals surface area contributed by atoms with Crippen molar-refractivity contribution in [1.29, 1.82) is 0 Å². The number of carboxylic acids is 1. The molecule has 0 aromatic heterocycles. The zero-order valence-corrected chi connectivity index (χ0v) is 13.5. The molecule has 0 saturated carbocycles. The number of aliphatic carboxylic acids is 1. The summed E-state index contributed by atoms with van der Waals surface area (Å²) < 4.78 is 0. The second-order valence-electron chi connectivity index (χ2n) is 5.80. The van der Waals surface area contributed by atoms with Crippen LogP contribution in [0.25, 0.3) is 5.57 Å². The molecule has 1 N–H and O–H groups in total. The van der Waals surface area contributed by atoms with E-state index in [1.165, 1.54) is 34.9 Å². The summed E-state index contributed by atoms with van der Waals surface area (Å²) in [6, 6.07) is 6.62. The van der Waals surface area contributed by atoms with E-state index in [9.17, 15) is 4.79 Å². The highest BCUT2D eigenvalue weighted by atomic mass is 16.4. The monoisotopic (exact) mass is 297 g/mol. The summed E-state index contributed by atoms with van der Waals surface area (Å²) >= 11 is 0. The molecule has 1 aromatic rings. The molecule has 0 bridgehead atoms. The molecule has 2 rings (SSSR count). The fraction of sp³-hybridized carbons (Fsp3) is 0.316. The lowest BCUT2D eigenvalue weighted by Gasteiger charge is -2.27. The quantitative estimate of drug-likeness (QED) is 0.673. The second kappa shape index (κ2) is 7.12. The van der Waals surface area contributed by atoms with Crippen LogP contribution in [0.5, 0.6) is 0 Å². The van der Waals surface area contributed by atoms with Crippen molar-refractivity contribution >= 4 is 17.2 Å². The van der Waals surface area contributed by atoms with Gasteiger partial charge in [0, 0.05) is 25.4 Å². The van der Waals surface area contributed by atoms with Gasteiger partial charge in [-0.1, -0.05) is 24.3 Å².